The number of nitriles is 1. The van der Waals surface area contributed by atoms with Gasteiger partial charge >= 0.3 is 0 Å². The van der Waals surface area contributed by atoms with Crippen LogP contribution in [0.5, 0.6) is 11.5 Å². The molecule has 0 unspecified atom stereocenters. The standard InChI is InChI=1S/C18H18N2O4S/c1-2-24-18-11-15(8-9-17(18)21)10-16(12-19)25(22,23)20-13-14-6-4-3-5-7-14/h3-11,20-21H,2,13H2,1H3/b16-10-. The normalized spacial score (nSPS) is 11.8. The molecule has 2 rings (SSSR count). The maximum atomic E-state index is 12.3. The van der Waals surface area contributed by atoms with Gasteiger partial charge in [0.15, 0.2) is 16.4 Å². The summed E-state index contributed by atoms with van der Waals surface area (Å²) in [6.45, 7) is 2.20. The van der Waals surface area contributed by atoms with Crippen LogP contribution in [0.3, 0.4) is 0 Å². The molecule has 0 fully saturated rings. The van der Waals surface area contributed by atoms with Crippen molar-refractivity contribution in [3.63, 3.8) is 0 Å². The second-order valence-electron chi connectivity index (χ2n) is 5.09. The molecule has 0 aliphatic rings. The van der Waals surface area contributed by atoms with Crippen molar-refractivity contribution in [2.45, 2.75) is 13.5 Å². The fraction of sp³-hybridized carbons (Fsp3) is 0.167. The average Bonchev–Trinajstić information content (AvgIpc) is 2.61. The molecule has 2 aromatic rings. The molecule has 7 heteroatoms. The summed E-state index contributed by atoms with van der Waals surface area (Å²) in [5.41, 5.74) is 1.22. The molecule has 0 amide bonds. The van der Waals surface area contributed by atoms with Crippen LogP contribution in [0.2, 0.25) is 0 Å². The quantitative estimate of drug-likeness (QED) is 0.742. The zero-order valence-corrected chi connectivity index (χ0v) is 14.5. The first-order valence-corrected chi connectivity index (χ1v) is 9.06. The van der Waals surface area contributed by atoms with Crippen molar-refractivity contribution >= 4 is 16.1 Å². The zero-order valence-electron chi connectivity index (χ0n) is 13.6. The number of phenolic OH excluding ortho intramolecular Hbond substituents is 1. The van der Waals surface area contributed by atoms with Crippen LogP contribution in [0.25, 0.3) is 6.08 Å². The van der Waals surface area contributed by atoms with E-state index in [2.05, 4.69) is 4.72 Å². The van der Waals surface area contributed by atoms with E-state index in [9.17, 15) is 18.8 Å². The molecule has 2 N–H and O–H groups in total. The molecule has 0 radical (unpaired) electrons. The minimum atomic E-state index is -3.96. The summed E-state index contributed by atoms with van der Waals surface area (Å²) >= 11 is 0. The fourth-order valence-corrected chi connectivity index (χ4v) is 2.99. The molecule has 0 aliphatic heterocycles. The minimum absolute atomic E-state index is 0.0532. The van der Waals surface area contributed by atoms with Gasteiger partial charge in [-0.05, 0) is 36.3 Å². The topological polar surface area (TPSA) is 99.4 Å². The van der Waals surface area contributed by atoms with Crippen LogP contribution in [-0.2, 0) is 16.6 Å². The molecule has 6 nitrogen and oxygen atoms in total. The van der Waals surface area contributed by atoms with Crippen LogP contribution in [0, 0.1) is 11.3 Å². The van der Waals surface area contributed by atoms with Crippen molar-refractivity contribution in [1.29, 1.82) is 5.26 Å². The molecular formula is C18H18N2O4S. The van der Waals surface area contributed by atoms with E-state index < -0.39 is 14.9 Å². The number of aromatic hydroxyl groups is 1. The number of hydrogen-bond acceptors (Lipinski definition) is 5. The van der Waals surface area contributed by atoms with Crippen LogP contribution in [0.15, 0.2) is 53.4 Å². The second kappa shape index (κ2) is 8.33. The van der Waals surface area contributed by atoms with Crippen molar-refractivity contribution in [2.75, 3.05) is 6.61 Å². The molecule has 0 heterocycles. The van der Waals surface area contributed by atoms with Crippen LogP contribution in [-0.4, -0.2) is 20.1 Å². The summed E-state index contributed by atoms with van der Waals surface area (Å²) in [4.78, 5) is -0.420. The lowest BCUT2D eigenvalue weighted by Crippen LogP contribution is -2.24. The number of benzene rings is 2. The number of nitrogens with one attached hydrogen (secondary N) is 1. The Balaban J connectivity index is 2.24. The maximum absolute atomic E-state index is 12.3. The molecule has 0 bridgehead atoms. The van der Waals surface area contributed by atoms with Crippen LogP contribution >= 0.6 is 0 Å². The molecule has 0 saturated carbocycles. The molecule has 0 aromatic heterocycles. The highest BCUT2D eigenvalue weighted by atomic mass is 32.2. The number of hydrogen-bond donors (Lipinski definition) is 2. The van der Waals surface area contributed by atoms with E-state index in [1.807, 2.05) is 6.07 Å². The first-order chi connectivity index (χ1) is 12.0. The summed E-state index contributed by atoms with van der Waals surface area (Å²) in [6, 6.07) is 15.1. The van der Waals surface area contributed by atoms with Gasteiger partial charge in [-0.1, -0.05) is 36.4 Å². The Kier molecular flexibility index (Phi) is 6.17. The number of phenols is 1. The van der Waals surface area contributed by atoms with Crippen LogP contribution in [0.4, 0.5) is 0 Å². The van der Waals surface area contributed by atoms with Crippen molar-refractivity contribution in [1.82, 2.24) is 4.72 Å². The lowest BCUT2D eigenvalue weighted by molar-refractivity contribution is 0.318. The Morgan fingerprint density at radius 2 is 2.00 bits per heavy atom. The highest BCUT2D eigenvalue weighted by Crippen LogP contribution is 2.28. The maximum Gasteiger partial charge on any atom is 0.251 e. The number of allylic oxidation sites excluding steroid dienone is 1. The third-order valence-corrected chi connectivity index (χ3v) is 4.60. The van der Waals surface area contributed by atoms with Gasteiger partial charge in [-0.2, -0.15) is 5.26 Å². The Morgan fingerprint density at radius 3 is 2.64 bits per heavy atom. The molecule has 0 spiro atoms. The van der Waals surface area contributed by atoms with Gasteiger partial charge in [0, 0.05) is 6.54 Å². The molecule has 0 saturated heterocycles. The van der Waals surface area contributed by atoms with E-state index in [-0.39, 0.29) is 18.0 Å². The number of sulfonamides is 1. The highest BCUT2D eigenvalue weighted by Gasteiger charge is 2.17. The summed E-state index contributed by atoms with van der Waals surface area (Å²) in [7, 11) is -3.96. The van der Waals surface area contributed by atoms with E-state index in [0.717, 1.165) is 5.56 Å². The van der Waals surface area contributed by atoms with Crippen molar-refractivity contribution in [3.8, 4) is 17.6 Å². The molecule has 0 aliphatic carbocycles. The van der Waals surface area contributed by atoms with Crippen LogP contribution < -0.4 is 9.46 Å². The van der Waals surface area contributed by atoms with Gasteiger partial charge in [0.25, 0.3) is 10.0 Å². The molecule has 130 valence electrons. The van der Waals surface area contributed by atoms with E-state index in [1.54, 1.807) is 37.3 Å². The molecular weight excluding hydrogens is 340 g/mol. The van der Waals surface area contributed by atoms with E-state index in [4.69, 9.17) is 4.74 Å². The van der Waals surface area contributed by atoms with Gasteiger partial charge in [0.1, 0.15) is 6.07 Å². The number of rotatable bonds is 7. The highest BCUT2D eigenvalue weighted by molar-refractivity contribution is 7.93. The average molecular weight is 358 g/mol. The summed E-state index contributed by atoms with van der Waals surface area (Å²) in [6.07, 6.45) is 1.23. The minimum Gasteiger partial charge on any atom is -0.504 e. The van der Waals surface area contributed by atoms with Gasteiger partial charge < -0.3 is 9.84 Å². The first kappa shape index (κ1) is 18.5. The number of ether oxygens (including phenoxy) is 1. The Bertz CT molecular complexity index is 900. The van der Waals surface area contributed by atoms with Crippen molar-refractivity contribution in [2.24, 2.45) is 0 Å². The Morgan fingerprint density at radius 1 is 1.28 bits per heavy atom. The number of nitrogens with zero attached hydrogens (tertiary/aromatic N) is 1. The van der Waals surface area contributed by atoms with E-state index in [1.165, 1.54) is 24.3 Å². The summed E-state index contributed by atoms with van der Waals surface area (Å²) < 4.78 is 32.3. The van der Waals surface area contributed by atoms with Gasteiger partial charge in [-0.3, -0.25) is 0 Å². The van der Waals surface area contributed by atoms with E-state index >= 15 is 0 Å². The molecule has 2 aromatic carbocycles. The Labute approximate surface area is 147 Å². The van der Waals surface area contributed by atoms with Crippen molar-refractivity contribution < 1.29 is 18.3 Å². The predicted octanol–water partition coefficient (Wildman–Crippen LogP) is 2.77. The van der Waals surface area contributed by atoms with Gasteiger partial charge in [0.2, 0.25) is 0 Å². The first-order valence-electron chi connectivity index (χ1n) is 7.57. The van der Waals surface area contributed by atoms with Gasteiger partial charge in [-0.15, -0.1) is 0 Å². The lowest BCUT2D eigenvalue weighted by Gasteiger charge is -2.08. The van der Waals surface area contributed by atoms with Gasteiger partial charge in [-0.25, -0.2) is 13.1 Å². The van der Waals surface area contributed by atoms with Gasteiger partial charge in [0.05, 0.1) is 6.61 Å². The lowest BCUT2D eigenvalue weighted by atomic mass is 10.2. The smallest absolute Gasteiger partial charge is 0.251 e. The molecule has 0 atom stereocenters. The Hall–Kier alpha value is -2.82. The predicted molar refractivity (Wildman–Crippen MR) is 95.1 cm³/mol. The largest absolute Gasteiger partial charge is 0.504 e. The third kappa shape index (κ3) is 5.08. The monoisotopic (exact) mass is 358 g/mol. The van der Waals surface area contributed by atoms with E-state index in [0.29, 0.717) is 12.2 Å². The molecule has 25 heavy (non-hydrogen) atoms. The summed E-state index contributed by atoms with van der Waals surface area (Å²) in [5, 5.41) is 18.9. The van der Waals surface area contributed by atoms with Crippen LogP contribution in [0.1, 0.15) is 18.1 Å². The third-order valence-electron chi connectivity index (χ3n) is 3.29. The summed E-state index contributed by atoms with van der Waals surface area (Å²) in [5.74, 6) is 0.172. The second-order valence-corrected chi connectivity index (χ2v) is 6.83. The fourth-order valence-electron chi connectivity index (χ4n) is 2.06. The SMILES string of the molecule is CCOc1cc(/C=C(/C#N)S(=O)(=O)NCc2ccccc2)ccc1O. The van der Waals surface area contributed by atoms with Crippen molar-refractivity contribution in [3.05, 3.63) is 64.6 Å². The zero-order chi connectivity index (χ0) is 18.3.